The smallest absolute Gasteiger partial charge is 0.407 e. The summed E-state index contributed by atoms with van der Waals surface area (Å²) in [6, 6.07) is 0.286. The minimum absolute atomic E-state index is 0.286. The molecule has 5 heteroatoms. The molecule has 1 atom stereocenters. The summed E-state index contributed by atoms with van der Waals surface area (Å²) in [7, 11) is 0. The first kappa shape index (κ1) is 19.6. The molecule has 0 aromatic heterocycles. The first-order valence-electron chi connectivity index (χ1n) is 7.54. The Morgan fingerprint density at radius 3 is 2.45 bits per heavy atom. The van der Waals surface area contributed by atoms with Crippen molar-refractivity contribution in [3.8, 4) is 0 Å². The van der Waals surface area contributed by atoms with Crippen LogP contribution in [0.3, 0.4) is 0 Å². The van der Waals surface area contributed by atoms with Gasteiger partial charge in [0.25, 0.3) is 0 Å². The number of carbonyl (C=O) groups is 1. The van der Waals surface area contributed by atoms with Gasteiger partial charge in [0.2, 0.25) is 0 Å². The van der Waals surface area contributed by atoms with E-state index >= 15 is 0 Å². The first-order chi connectivity index (χ1) is 9.26. The number of carbonyl (C=O) groups excluding carboxylic acids is 1. The van der Waals surface area contributed by atoms with Crippen molar-refractivity contribution in [3.63, 3.8) is 0 Å². The van der Waals surface area contributed by atoms with Crippen molar-refractivity contribution in [2.75, 3.05) is 24.6 Å². The molecule has 0 rings (SSSR count). The van der Waals surface area contributed by atoms with Crippen LogP contribution in [0.1, 0.15) is 48.0 Å². The summed E-state index contributed by atoms with van der Waals surface area (Å²) in [5.41, 5.74) is -0.442. The van der Waals surface area contributed by atoms with Crippen LogP contribution in [0.15, 0.2) is 0 Å². The molecule has 0 aliphatic carbocycles. The summed E-state index contributed by atoms with van der Waals surface area (Å²) >= 11 is 1.96. The predicted molar refractivity (Wildman–Crippen MR) is 88.5 cm³/mol. The molecule has 0 spiro atoms. The third-order valence-corrected chi connectivity index (χ3v) is 3.73. The standard InChI is InChI=1S/C15H32N2O2S/c1-7-20-10-8-9-16-13(12(2)3)11-17-14(18)19-15(4,5)6/h12-13,16H,7-11H2,1-6H3,(H,17,18). The fourth-order valence-corrected chi connectivity index (χ4v) is 2.29. The molecule has 1 amide bonds. The van der Waals surface area contributed by atoms with Gasteiger partial charge in [-0.1, -0.05) is 20.8 Å². The molecule has 0 fully saturated rings. The van der Waals surface area contributed by atoms with Crippen LogP contribution in [0.4, 0.5) is 4.79 Å². The van der Waals surface area contributed by atoms with Gasteiger partial charge in [-0.05, 0) is 51.2 Å². The highest BCUT2D eigenvalue weighted by atomic mass is 32.2. The summed E-state index contributed by atoms with van der Waals surface area (Å²) in [5, 5.41) is 6.36. The van der Waals surface area contributed by atoms with Gasteiger partial charge >= 0.3 is 6.09 Å². The number of amides is 1. The van der Waals surface area contributed by atoms with E-state index in [1.54, 1.807) is 0 Å². The molecule has 120 valence electrons. The number of ether oxygens (including phenoxy) is 1. The van der Waals surface area contributed by atoms with Gasteiger partial charge in [-0.25, -0.2) is 4.79 Å². The van der Waals surface area contributed by atoms with E-state index in [-0.39, 0.29) is 12.1 Å². The fraction of sp³-hybridized carbons (Fsp3) is 0.933. The number of hydrogen-bond donors (Lipinski definition) is 2. The van der Waals surface area contributed by atoms with Crippen molar-refractivity contribution in [1.82, 2.24) is 10.6 Å². The van der Waals surface area contributed by atoms with Crippen molar-refractivity contribution < 1.29 is 9.53 Å². The molecule has 0 aliphatic heterocycles. The van der Waals surface area contributed by atoms with Crippen LogP contribution >= 0.6 is 11.8 Å². The molecular weight excluding hydrogens is 272 g/mol. The Bertz CT molecular complexity index is 265. The van der Waals surface area contributed by atoms with Crippen molar-refractivity contribution in [3.05, 3.63) is 0 Å². The summed E-state index contributed by atoms with van der Waals surface area (Å²) in [6.07, 6.45) is 0.820. The SMILES string of the molecule is CCSCCCNC(CNC(=O)OC(C)(C)C)C(C)C. The second kappa shape index (κ2) is 10.3. The molecule has 1 unspecified atom stereocenters. The zero-order chi connectivity index (χ0) is 15.6. The first-order valence-corrected chi connectivity index (χ1v) is 8.69. The van der Waals surface area contributed by atoms with Crippen molar-refractivity contribution in [2.45, 2.75) is 59.6 Å². The maximum absolute atomic E-state index is 11.6. The maximum Gasteiger partial charge on any atom is 0.407 e. The third kappa shape index (κ3) is 11.4. The number of nitrogens with one attached hydrogen (secondary N) is 2. The van der Waals surface area contributed by atoms with Crippen molar-refractivity contribution in [2.24, 2.45) is 5.92 Å². The molecule has 0 aromatic rings. The van der Waals surface area contributed by atoms with Gasteiger partial charge in [0, 0.05) is 12.6 Å². The van der Waals surface area contributed by atoms with E-state index in [0.717, 1.165) is 13.0 Å². The zero-order valence-electron chi connectivity index (χ0n) is 13.9. The van der Waals surface area contributed by atoms with Gasteiger partial charge in [-0.3, -0.25) is 0 Å². The lowest BCUT2D eigenvalue weighted by Crippen LogP contribution is -2.45. The van der Waals surface area contributed by atoms with Gasteiger partial charge in [-0.15, -0.1) is 0 Å². The van der Waals surface area contributed by atoms with Crippen LogP contribution in [0.5, 0.6) is 0 Å². The van der Waals surface area contributed by atoms with Gasteiger partial charge in [0.05, 0.1) is 0 Å². The van der Waals surface area contributed by atoms with Crippen LogP contribution in [0, 0.1) is 5.92 Å². The lowest BCUT2D eigenvalue weighted by Gasteiger charge is -2.25. The van der Waals surface area contributed by atoms with E-state index in [9.17, 15) is 4.79 Å². The average Bonchev–Trinajstić information content (AvgIpc) is 2.29. The van der Waals surface area contributed by atoms with Gasteiger partial charge in [0.1, 0.15) is 5.60 Å². The molecule has 0 heterocycles. The topological polar surface area (TPSA) is 50.4 Å². The Balaban J connectivity index is 3.94. The van der Waals surface area contributed by atoms with Crippen LogP contribution in [0.25, 0.3) is 0 Å². The Hall–Kier alpha value is -0.420. The third-order valence-electron chi connectivity index (χ3n) is 2.75. The molecule has 2 N–H and O–H groups in total. The number of rotatable bonds is 9. The molecule has 20 heavy (non-hydrogen) atoms. The average molecular weight is 305 g/mol. The molecule has 0 radical (unpaired) electrons. The molecule has 0 bridgehead atoms. The van der Waals surface area contributed by atoms with Crippen molar-refractivity contribution in [1.29, 1.82) is 0 Å². The van der Waals surface area contributed by atoms with Crippen LogP contribution < -0.4 is 10.6 Å². The number of hydrogen-bond acceptors (Lipinski definition) is 4. The van der Waals surface area contributed by atoms with Crippen LogP contribution in [-0.2, 0) is 4.74 Å². The Morgan fingerprint density at radius 1 is 1.30 bits per heavy atom. The van der Waals surface area contributed by atoms with E-state index in [4.69, 9.17) is 4.74 Å². The molecule has 0 saturated heterocycles. The van der Waals surface area contributed by atoms with Crippen molar-refractivity contribution >= 4 is 17.9 Å². The molecule has 0 aliphatic rings. The Labute approximate surface area is 128 Å². The number of thioether (sulfide) groups is 1. The lowest BCUT2D eigenvalue weighted by atomic mass is 10.0. The molecule has 0 aromatic carbocycles. The predicted octanol–water partition coefficient (Wildman–Crippen LogP) is 3.27. The molecular formula is C15H32N2O2S. The molecule has 4 nitrogen and oxygen atoms in total. The monoisotopic (exact) mass is 304 g/mol. The highest BCUT2D eigenvalue weighted by Crippen LogP contribution is 2.07. The quantitative estimate of drug-likeness (QED) is 0.642. The Kier molecular flexibility index (Phi) is 10.1. The lowest BCUT2D eigenvalue weighted by molar-refractivity contribution is 0.0519. The van der Waals surface area contributed by atoms with E-state index in [0.29, 0.717) is 12.5 Å². The minimum Gasteiger partial charge on any atom is -0.444 e. The fourth-order valence-electron chi connectivity index (χ4n) is 1.66. The van der Waals surface area contributed by atoms with E-state index in [1.165, 1.54) is 11.5 Å². The Morgan fingerprint density at radius 2 is 1.95 bits per heavy atom. The highest BCUT2D eigenvalue weighted by Gasteiger charge is 2.18. The zero-order valence-corrected chi connectivity index (χ0v) is 14.7. The highest BCUT2D eigenvalue weighted by molar-refractivity contribution is 7.99. The summed E-state index contributed by atoms with van der Waals surface area (Å²) in [4.78, 5) is 11.6. The van der Waals surface area contributed by atoms with Gasteiger partial charge < -0.3 is 15.4 Å². The van der Waals surface area contributed by atoms with Crippen LogP contribution in [-0.4, -0.2) is 42.3 Å². The van der Waals surface area contributed by atoms with E-state index in [2.05, 4.69) is 31.4 Å². The normalized spacial score (nSPS) is 13.3. The summed E-state index contributed by atoms with van der Waals surface area (Å²) in [5.74, 6) is 2.84. The van der Waals surface area contributed by atoms with Gasteiger partial charge in [0.15, 0.2) is 0 Å². The van der Waals surface area contributed by atoms with E-state index in [1.807, 2.05) is 32.5 Å². The molecule has 0 saturated carbocycles. The maximum atomic E-state index is 11.6. The minimum atomic E-state index is -0.442. The summed E-state index contributed by atoms with van der Waals surface area (Å²) < 4.78 is 5.24. The summed E-state index contributed by atoms with van der Waals surface area (Å²) in [6.45, 7) is 13.7. The van der Waals surface area contributed by atoms with Crippen LogP contribution in [0.2, 0.25) is 0 Å². The second-order valence-electron chi connectivity index (χ2n) is 6.24. The largest absolute Gasteiger partial charge is 0.444 e. The second-order valence-corrected chi connectivity index (χ2v) is 7.63. The number of alkyl carbamates (subject to hydrolysis) is 1. The van der Waals surface area contributed by atoms with E-state index < -0.39 is 5.60 Å². The van der Waals surface area contributed by atoms with Gasteiger partial charge in [-0.2, -0.15) is 11.8 Å².